The third-order valence-electron chi connectivity index (χ3n) is 4.44. The Morgan fingerprint density at radius 1 is 0.792 bits per heavy atom. The number of halogens is 1. The standard InChI is InChI=1S/C21H16ClNO/c1-24-23-20(15-9-3-2-4-10-15)21(22)18-13-7-5-11-16(18)17-12-6-8-14-19(17)21/h2-14H,1H3/b23-20+. The van der Waals surface area contributed by atoms with Gasteiger partial charge in [0, 0.05) is 5.56 Å². The van der Waals surface area contributed by atoms with Crippen LogP contribution in [0.5, 0.6) is 0 Å². The number of hydrogen-bond donors (Lipinski definition) is 0. The van der Waals surface area contributed by atoms with Crippen LogP contribution in [-0.4, -0.2) is 12.8 Å². The minimum Gasteiger partial charge on any atom is -0.399 e. The average molecular weight is 334 g/mol. The molecule has 0 saturated heterocycles. The summed E-state index contributed by atoms with van der Waals surface area (Å²) in [7, 11) is 1.55. The lowest BCUT2D eigenvalue weighted by Gasteiger charge is -2.26. The first-order chi connectivity index (χ1) is 11.8. The Kier molecular flexibility index (Phi) is 3.62. The van der Waals surface area contributed by atoms with Crippen LogP contribution in [0.15, 0.2) is 84.0 Å². The van der Waals surface area contributed by atoms with Crippen molar-refractivity contribution in [1.29, 1.82) is 0 Å². The summed E-state index contributed by atoms with van der Waals surface area (Å²) in [6.45, 7) is 0. The largest absolute Gasteiger partial charge is 0.399 e. The van der Waals surface area contributed by atoms with Crippen molar-refractivity contribution >= 4 is 17.3 Å². The predicted molar refractivity (Wildman–Crippen MR) is 98.5 cm³/mol. The predicted octanol–water partition coefficient (Wildman–Crippen LogP) is 5.20. The van der Waals surface area contributed by atoms with Crippen molar-refractivity contribution in [2.75, 3.05) is 7.11 Å². The molecule has 1 aliphatic carbocycles. The van der Waals surface area contributed by atoms with E-state index in [1.807, 2.05) is 54.6 Å². The molecule has 0 aliphatic heterocycles. The molecule has 1 aliphatic rings. The number of alkyl halides is 1. The molecule has 0 saturated carbocycles. The maximum absolute atomic E-state index is 7.30. The normalized spacial score (nSPS) is 14.8. The topological polar surface area (TPSA) is 21.6 Å². The summed E-state index contributed by atoms with van der Waals surface area (Å²) >= 11 is 7.30. The maximum Gasteiger partial charge on any atom is 0.141 e. The minimum absolute atomic E-state index is 0.699. The third kappa shape index (κ3) is 2.07. The van der Waals surface area contributed by atoms with Crippen LogP contribution < -0.4 is 0 Å². The summed E-state index contributed by atoms with van der Waals surface area (Å²) in [6, 6.07) is 26.4. The Morgan fingerprint density at radius 3 is 1.83 bits per heavy atom. The molecule has 0 spiro atoms. The second-order valence-electron chi connectivity index (χ2n) is 5.74. The van der Waals surface area contributed by atoms with Gasteiger partial charge in [0.25, 0.3) is 0 Å². The van der Waals surface area contributed by atoms with Gasteiger partial charge in [-0.15, -0.1) is 11.6 Å². The van der Waals surface area contributed by atoms with Gasteiger partial charge >= 0.3 is 0 Å². The molecule has 3 heteroatoms. The minimum atomic E-state index is -0.870. The highest BCUT2D eigenvalue weighted by Gasteiger charge is 2.46. The Morgan fingerprint density at radius 2 is 1.29 bits per heavy atom. The van der Waals surface area contributed by atoms with Crippen LogP contribution in [0.3, 0.4) is 0 Å². The van der Waals surface area contributed by atoms with Gasteiger partial charge in [-0.3, -0.25) is 0 Å². The third-order valence-corrected chi connectivity index (χ3v) is 5.03. The van der Waals surface area contributed by atoms with Crippen molar-refractivity contribution in [1.82, 2.24) is 0 Å². The Labute approximate surface area is 146 Å². The molecule has 0 amide bonds. The maximum atomic E-state index is 7.30. The number of benzene rings is 3. The summed E-state index contributed by atoms with van der Waals surface area (Å²) in [5.41, 5.74) is 6.00. The lowest BCUT2D eigenvalue weighted by molar-refractivity contribution is 0.212. The summed E-state index contributed by atoms with van der Waals surface area (Å²) in [5, 5.41) is 4.33. The molecule has 0 heterocycles. The molecular weight excluding hydrogens is 318 g/mol. The van der Waals surface area contributed by atoms with E-state index in [9.17, 15) is 0 Å². The fourth-order valence-electron chi connectivity index (χ4n) is 3.44. The Hall–Kier alpha value is -2.58. The zero-order valence-electron chi connectivity index (χ0n) is 13.2. The first kappa shape index (κ1) is 15.0. The summed E-state index contributed by atoms with van der Waals surface area (Å²) in [6.07, 6.45) is 0. The van der Waals surface area contributed by atoms with Gasteiger partial charge in [-0.2, -0.15) is 0 Å². The van der Waals surface area contributed by atoms with Crippen LogP contribution >= 0.6 is 11.6 Å². The van der Waals surface area contributed by atoms with Crippen molar-refractivity contribution in [3.05, 3.63) is 95.6 Å². The molecule has 2 nitrogen and oxygen atoms in total. The van der Waals surface area contributed by atoms with Gasteiger partial charge in [-0.1, -0.05) is 84.0 Å². The summed E-state index contributed by atoms with van der Waals surface area (Å²) in [5.74, 6) is 0. The first-order valence-corrected chi connectivity index (χ1v) is 8.20. The van der Waals surface area contributed by atoms with Crippen LogP contribution in [0.25, 0.3) is 11.1 Å². The highest BCUT2D eigenvalue weighted by molar-refractivity contribution is 6.43. The molecule has 0 fully saturated rings. The zero-order chi connectivity index (χ0) is 16.6. The van der Waals surface area contributed by atoms with Crippen molar-refractivity contribution < 1.29 is 4.84 Å². The SMILES string of the molecule is CO/N=C(\c1ccccc1)C1(Cl)c2ccccc2-c2ccccc21. The van der Waals surface area contributed by atoms with Crippen LogP contribution in [0.2, 0.25) is 0 Å². The molecule has 4 rings (SSSR count). The first-order valence-electron chi connectivity index (χ1n) is 7.82. The highest BCUT2D eigenvalue weighted by Crippen LogP contribution is 2.53. The smallest absolute Gasteiger partial charge is 0.141 e. The number of fused-ring (bicyclic) bond motifs is 3. The van der Waals surface area contributed by atoms with E-state index in [0.29, 0.717) is 5.71 Å². The van der Waals surface area contributed by atoms with Gasteiger partial charge in [0.05, 0.1) is 0 Å². The molecule has 3 aromatic carbocycles. The Balaban J connectivity index is 2.04. The van der Waals surface area contributed by atoms with Gasteiger partial charge in [-0.25, -0.2) is 0 Å². The molecule has 0 bridgehead atoms. The quantitative estimate of drug-likeness (QED) is 0.367. The Bertz CT molecular complexity index is 872. The van der Waals surface area contributed by atoms with Crippen molar-refractivity contribution in [3.63, 3.8) is 0 Å². The number of hydrogen-bond acceptors (Lipinski definition) is 2. The molecule has 3 aromatic rings. The average Bonchev–Trinajstić information content (AvgIpc) is 2.91. The molecule has 0 unspecified atom stereocenters. The van der Waals surface area contributed by atoms with Crippen molar-refractivity contribution in [2.45, 2.75) is 4.87 Å². The van der Waals surface area contributed by atoms with E-state index in [4.69, 9.17) is 16.4 Å². The monoisotopic (exact) mass is 333 g/mol. The fourth-order valence-corrected chi connectivity index (χ4v) is 3.91. The molecule has 118 valence electrons. The highest BCUT2D eigenvalue weighted by atomic mass is 35.5. The zero-order valence-corrected chi connectivity index (χ0v) is 14.0. The fraction of sp³-hybridized carbons (Fsp3) is 0.0952. The van der Waals surface area contributed by atoms with E-state index in [1.165, 1.54) is 0 Å². The number of rotatable bonds is 3. The van der Waals surface area contributed by atoms with Gasteiger partial charge in [-0.05, 0) is 22.3 Å². The van der Waals surface area contributed by atoms with Gasteiger partial charge in [0.15, 0.2) is 0 Å². The van der Waals surface area contributed by atoms with Gasteiger partial charge in [0.1, 0.15) is 17.7 Å². The van der Waals surface area contributed by atoms with Crippen LogP contribution in [-0.2, 0) is 9.71 Å². The van der Waals surface area contributed by atoms with E-state index >= 15 is 0 Å². The van der Waals surface area contributed by atoms with E-state index in [-0.39, 0.29) is 0 Å². The molecule has 0 radical (unpaired) electrons. The van der Waals surface area contributed by atoms with Gasteiger partial charge in [0.2, 0.25) is 0 Å². The molecular formula is C21H16ClNO. The summed E-state index contributed by atoms with van der Waals surface area (Å²) in [4.78, 5) is 4.30. The molecule has 0 N–H and O–H groups in total. The number of oxime groups is 1. The molecule has 24 heavy (non-hydrogen) atoms. The van der Waals surface area contributed by atoms with Crippen molar-refractivity contribution in [2.24, 2.45) is 5.16 Å². The molecule has 0 atom stereocenters. The molecule has 0 aromatic heterocycles. The second-order valence-corrected chi connectivity index (χ2v) is 6.31. The van der Waals surface area contributed by atoms with E-state index < -0.39 is 4.87 Å². The summed E-state index contributed by atoms with van der Waals surface area (Å²) < 4.78 is 0. The van der Waals surface area contributed by atoms with E-state index in [0.717, 1.165) is 27.8 Å². The van der Waals surface area contributed by atoms with Gasteiger partial charge < -0.3 is 4.84 Å². The van der Waals surface area contributed by atoms with Crippen LogP contribution in [0, 0.1) is 0 Å². The van der Waals surface area contributed by atoms with E-state index in [2.05, 4.69) is 29.4 Å². The van der Waals surface area contributed by atoms with Crippen LogP contribution in [0.4, 0.5) is 0 Å². The van der Waals surface area contributed by atoms with Crippen LogP contribution in [0.1, 0.15) is 16.7 Å². The second kappa shape index (κ2) is 5.81. The van der Waals surface area contributed by atoms with Crippen molar-refractivity contribution in [3.8, 4) is 11.1 Å². The van der Waals surface area contributed by atoms with E-state index in [1.54, 1.807) is 7.11 Å². The number of nitrogens with zero attached hydrogens (tertiary/aromatic N) is 1. The lowest BCUT2D eigenvalue weighted by Crippen LogP contribution is -2.30. The lowest BCUT2D eigenvalue weighted by atomic mass is 9.87.